The summed E-state index contributed by atoms with van der Waals surface area (Å²) >= 11 is 0. The lowest BCUT2D eigenvalue weighted by Gasteiger charge is -2.61. The normalized spacial score (nSPS) is 59.4. The second-order valence-corrected chi connectivity index (χ2v) is 18.3. The van der Waals surface area contributed by atoms with Gasteiger partial charge in [-0.2, -0.15) is 0 Å². The molecule has 6 N–H and O–H groups in total. The van der Waals surface area contributed by atoms with Crippen molar-refractivity contribution in [3.05, 3.63) is 0 Å². The summed E-state index contributed by atoms with van der Waals surface area (Å²) < 4.78 is 37.4. The molecule has 12 heteroatoms. The molecule has 50 heavy (non-hydrogen) atoms. The van der Waals surface area contributed by atoms with Crippen molar-refractivity contribution in [1.82, 2.24) is 0 Å². The van der Waals surface area contributed by atoms with E-state index in [4.69, 9.17) is 28.4 Å². The van der Waals surface area contributed by atoms with Gasteiger partial charge in [0.05, 0.1) is 32.0 Å². The summed E-state index contributed by atoms with van der Waals surface area (Å²) in [6.07, 6.45) is -1.27. The first-order chi connectivity index (χ1) is 23.8. The average molecular weight is 711 g/mol. The van der Waals surface area contributed by atoms with Gasteiger partial charge >= 0.3 is 0 Å². The van der Waals surface area contributed by atoms with Crippen LogP contribution in [-0.4, -0.2) is 124 Å². The highest BCUT2D eigenvalue weighted by atomic mass is 16.8. The summed E-state index contributed by atoms with van der Waals surface area (Å²) in [4.78, 5) is 0. The summed E-state index contributed by atoms with van der Waals surface area (Å²) in [6.45, 7) is 9.79. The van der Waals surface area contributed by atoms with Crippen molar-refractivity contribution in [3.63, 3.8) is 0 Å². The molecule has 0 aromatic heterocycles. The van der Waals surface area contributed by atoms with Crippen LogP contribution in [0.5, 0.6) is 0 Å². The first-order valence-corrected chi connectivity index (χ1v) is 19.7. The van der Waals surface area contributed by atoms with E-state index in [1.807, 2.05) is 0 Å². The second kappa shape index (κ2) is 13.4. The zero-order valence-electron chi connectivity index (χ0n) is 30.2. The Morgan fingerprint density at radius 3 is 2.26 bits per heavy atom. The molecule has 4 aliphatic heterocycles. The predicted octanol–water partition coefficient (Wildman–Crippen LogP) is 2.08. The number of aliphatic hydroxyl groups excluding tert-OH is 6. The van der Waals surface area contributed by atoms with E-state index in [-0.39, 0.29) is 35.4 Å². The number of ether oxygens (including phenoxy) is 6. The molecule has 21 atom stereocenters. The molecule has 8 fully saturated rings. The number of fused-ring (bicyclic) bond motifs is 7. The van der Waals surface area contributed by atoms with Crippen molar-refractivity contribution in [2.24, 2.45) is 52.3 Å². The van der Waals surface area contributed by atoms with E-state index in [1.54, 1.807) is 0 Å². The van der Waals surface area contributed by atoms with Crippen LogP contribution >= 0.6 is 0 Å². The lowest BCUT2D eigenvalue weighted by Crippen LogP contribution is -2.63. The lowest BCUT2D eigenvalue weighted by atomic mass is 9.44. The molecule has 8 rings (SSSR count). The number of aliphatic hydroxyl groups is 6. The van der Waals surface area contributed by atoms with E-state index in [1.165, 1.54) is 25.7 Å². The van der Waals surface area contributed by atoms with E-state index in [0.29, 0.717) is 41.4 Å². The first-order valence-electron chi connectivity index (χ1n) is 19.7. The van der Waals surface area contributed by atoms with Crippen LogP contribution in [0.15, 0.2) is 0 Å². The Hall–Kier alpha value is -0.480. The van der Waals surface area contributed by atoms with Crippen LogP contribution < -0.4 is 0 Å². The molecule has 21 unspecified atom stereocenters. The standard InChI is InChI=1S/C38H62O12/c1-18-7-12-38(46-16-18)19(2)28-26(50-38)14-24-22-6-5-20-13-21(8-10-36(20,3)23(22)9-11-37(24,28)4)47-35-33(31(43)30(42)27(15-39)48-35)49-34-32(44)29(41)25(40)17-45-34/h18-35,39-44H,5-17H2,1-4H3. The lowest BCUT2D eigenvalue weighted by molar-refractivity contribution is -0.364. The average Bonchev–Trinajstić information content (AvgIpc) is 3.54. The van der Waals surface area contributed by atoms with E-state index in [9.17, 15) is 30.6 Å². The van der Waals surface area contributed by atoms with Crippen LogP contribution in [0.25, 0.3) is 0 Å². The van der Waals surface area contributed by atoms with Gasteiger partial charge in [-0.3, -0.25) is 0 Å². The number of hydrogen-bond donors (Lipinski definition) is 6. The fourth-order valence-electron chi connectivity index (χ4n) is 12.9. The minimum Gasteiger partial charge on any atom is -0.394 e. The Kier molecular flexibility index (Phi) is 9.76. The van der Waals surface area contributed by atoms with Crippen LogP contribution in [0.1, 0.15) is 91.9 Å². The molecule has 0 radical (unpaired) electrons. The smallest absolute Gasteiger partial charge is 0.187 e. The number of hydrogen-bond acceptors (Lipinski definition) is 12. The van der Waals surface area contributed by atoms with Crippen molar-refractivity contribution in [2.45, 2.75) is 165 Å². The third kappa shape index (κ3) is 5.68. The fraction of sp³-hybridized carbons (Fsp3) is 1.00. The third-order valence-corrected chi connectivity index (χ3v) is 15.8. The van der Waals surface area contributed by atoms with Crippen LogP contribution in [0.3, 0.4) is 0 Å². The molecule has 4 saturated carbocycles. The minimum absolute atomic E-state index is 0.185. The maximum atomic E-state index is 11.1. The Bertz CT molecular complexity index is 1210. The molecule has 4 aliphatic carbocycles. The molecule has 4 heterocycles. The molecule has 0 aromatic rings. The molecule has 1 spiro atoms. The van der Waals surface area contributed by atoms with Gasteiger partial charge in [0.2, 0.25) is 0 Å². The van der Waals surface area contributed by atoms with Gasteiger partial charge in [0.25, 0.3) is 0 Å². The van der Waals surface area contributed by atoms with Gasteiger partial charge < -0.3 is 59.1 Å². The van der Waals surface area contributed by atoms with Gasteiger partial charge in [-0.1, -0.05) is 27.7 Å². The zero-order valence-corrected chi connectivity index (χ0v) is 30.2. The largest absolute Gasteiger partial charge is 0.394 e. The minimum atomic E-state index is -1.58. The summed E-state index contributed by atoms with van der Waals surface area (Å²) in [5.41, 5.74) is 0.470. The van der Waals surface area contributed by atoms with E-state index < -0.39 is 61.9 Å². The Labute approximate surface area is 296 Å². The maximum Gasteiger partial charge on any atom is 0.187 e. The Balaban J connectivity index is 0.939. The van der Waals surface area contributed by atoms with E-state index in [2.05, 4.69) is 27.7 Å². The van der Waals surface area contributed by atoms with E-state index in [0.717, 1.165) is 45.1 Å². The SMILES string of the molecule is CC1CCC2(OC1)OC1CC3C4CCC5CC(OC6OC(CO)C(O)C(O)C6OC6OCC(O)C(O)C6O)CCC5(C)C4CCC3(C)C1C2C. The summed E-state index contributed by atoms with van der Waals surface area (Å²) in [6, 6.07) is 0. The summed E-state index contributed by atoms with van der Waals surface area (Å²) in [7, 11) is 0. The molecule has 286 valence electrons. The van der Waals surface area contributed by atoms with Gasteiger partial charge in [-0.05, 0) is 104 Å². The van der Waals surface area contributed by atoms with Gasteiger partial charge in [-0.15, -0.1) is 0 Å². The first kappa shape index (κ1) is 36.5. The van der Waals surface area contributed by atoms with Gasteiger partial charge in [-0.25, -0.2) is 0 Å². The van der Waals surface area contributed by atoms with Crippen LogP contribution in [0.2, 0.25) is 0 Å². The van der Waals surface area contributed by atoms with Crippen molar-refractivity contribution < 1.29 is 59.1 Å². The van der Waals surface area contributed by atoms with Crippen LogP contribution in [0.4, 0.5) is 0 Å². The fourth-order valence-corrected chi connectivity index (χ4v) is 12.9. The number of rotatable bonds is 5. The highest BCUT2D eigenvalue weighted by molar-refractivity contribution is 5.15. The molecule has 4 saturated heterocycles. The zero-order chi connectivity index (χ0) is 35.3. The maximum absolute atomic E-state index is 11.1. The van der Waals surface area contributed by atoms with Crippen molar-refractivity contribution in [2.75, 3.05) is 19.8 Å². The Morgan fingerprint density at radius 2 is 1.52 bits per heavy atom. The molecule has 0 bridgehead atoms. The van der Waals surface area contributed by atoms with Gasteiger partial charge in [0, 0.05) is 12.3 Å². The summed E-state index contributed by atoms with van der Waals surface area (Å²) in [5.74, 6) is 3.65. The predicted molar refractivity (Wildman–Crippen MR) is 177 cm³/mol. The molecule has 12 nitrogen and oxygen atoms in total. The highest BCUT2D eigenvalue weighted by Gasteiger charge is 2.69. The summed E-state index contributed by atoms with van der Waals surface area (Å²) in [5, 5.41) is 62.2. The van der Waals surface area contributed by atoms with Crippen LogP contribution in [-0.2, 0) is 28.4 Å². The molecule has 0 amide bonds. The molecule has 0 aromatic carbocycles. The van der Waals surface area contributed by atoms with E-state index >= 15 is 0 Å². The molecule has 8 aliphatic rings. The van der Waals surface area contributed by atoms with Crippen molar-refractivity contribution in [3.8, 4) is 0 Å². The quantitative estimate of drug-likeness (QED) is 0.230. The monoisotopic (exact) mass is 710 g/mol. The van der Waals surface area contributed by atoms with Crippen molar-refractivity contribution >= 4 is 0 Å². The Morgan fingerprint density at radius 1 is 0.740 bits per heavy atom. The topological polar surface area (TPSA) is 177 Å². The van der Waals surface area contributed by atoms with Gasteiger partial charge in [0.1, 0.15) is 42.7 Å². The molecular weight excluding hydrogens is 648 g/mol. The molecular formula is C38H62O12. The second-order valence-electron chi connectivity index (χ2n) is 18.3. The third-order valence-electron chi connectivity index (χ3n) is 15.8. The van der Waals surface area contributed by atoms with Gasteiger partial charge in [0.15, 0.2) is 18.4 Å². The van der Waals surface area contributed by atoms with Crippen LogP contribution in [0, 0.1) is 52.3 Å². The highest BCUT2D eigenvalue weighted by Crippen LogP contribution is 2.71. The van der Waals surface area contributed by atoms with Crippen molar-refractivity contribution in [1.29, 1.82) is 0 Å².